The number of anilines is 1. The Morgan fingerprint density at radius 2 is 1.88 bits per heavy atom. The van der Waals surface area contributed by atoms with Crippen molar-refractivity contribution in [3.63, 3.8) is 0 Å². The minimum absolute atomic E-state index is 0.0549. The first kappa shape index (κ1) is 16.8. The molecule has 2 aromatic rings. The monoisotopic (exact) mass is 362 g/mol. The van der Waals surface area contributed by atoms with Gasteiger partial charge in [-0.2, -0.15) is 0 Å². The maximum absolute atomic E-state index is 12.2. The number of nitrogens with zero attached hydrogens (tertiary/aromatic N) is 1. The Kier molecular flexibility index (Phi) is 5.07. The van der Waals surface area contributed by atoms with E-state index in [1.165, 1.54) is 0 Å². The van der Waals surface area contributed by atoms with E-state index in [4.69, 9.17) is 23.2 Å². The summed E-state index contributed by atoms with van der Waals surface area (Å²) < 4.78 is 0. The maximum Gasteiger partial charge on any atom is 0.251 e. The van der Waals surface area contributed by atoms with E-state index >= 15 is 0 Å². The smallest absolute Gasteiger partial charge is 0.251 e. The number of amides is 2. The van der Waals surface area contributed by atoms with Gasteiger partial charge in [0, 0.05) is 46.7 Å². The van der Waals surface area contributed by atoms with Gasteiger partial charge in [0.1, 0.15) is 0 Å². The minimum atomic E-state index is -0.185. The van der Waals surface area contributed by atoms with Crippen molar-refractivity contribution in [1.29, 1.82) is 0 Å². The summed E-state index contributed by atoms with van der Waals surface area (Å²) in [5.74, 6) is -0.0504. The number of carbonyl (C=O) groups is 2. The van der Waals surface area contributed by atoms with Crippen molar-refractivity contribution in [3.05, 3.63) is 64.1 Å². The van der Waals surface area contributed by atoms with Crippen LogP contribution in [0.15, 0.2) is 48.5 Å². The van der Waals surface area contributed by atoms with E-state index in [0.717, 1.165) is 5.69 Å². The van der Waals surface area contributed by atoms with E-state index in [-0.39, 0.29) is 17.7 Å². The fourth-order valence-electron chi connectivity index (χ4n) is 2.76. The second-order valence-corrected chi connectivity index (χ2v) is 6.64. The Labute approximate surface area is 150 Å². The summed E-state index contributed by atoms with van der Waals surface area (Å²) in [4.78, 5) is 26.1. The molecule has 1 heterocycles. The SMILES string of the molecule is O=C(NCC1CC(=O)N(c2ccc(Cl)cc2)C1)c1cccc(Cl)c1. The standard InChI is InChI=1S/C18H16Cl2N2O2/c19-14-4-6-16(7-5-14)22-11-12(8-17(22)23)10-21-18(24)13-2-1-3-15(20)9-13/h1-7,9,12H,8,10-11H2,(H,21,24). The van der Waals surface area contributed by atoms with E-state index in [0.29, 0.717) is 35.1 Å². The molecule has 124 valence electrons. The lowest BCUT2D eigenvalue weighted by atomic mass is 10.1. The zero-order valence-corrected chi connectivity index (χ0v) is 14.3. The van der Waals surface area contributed by atoms with Crippen LogP contribution in [0, 0.1) is 5.92 Å². The lowest BCUT2D eigenvalue weighted by molar-refractivity contribution is -0.117. The Bertz CT molecular complexity index is 762. The van der Waals surface area contributed by atoms with Crippen LogP contribution < -0.4 is 10.2 Å². The molecule has 1 aliphatic heterocycles. The van der Waals surface area contributed by atoms with Crippen LogP contribution in [0.1, 0.15) is 16.8 Å². The summed E-state index contributed by atoms with van der Waals surface area (Å²) in [7, 11) is 0. The van der Waals surface area contributed by atoms with E-state index in [2.05, 4.69) is 5.32 Å². The van der Waals surface area contributed by atoms with E-state index in [9.17, 15) is 9.59 Å². The largest absolute Gasteiger partial charge is 0.352 e. The van der Waals surface area contributed by atoms with Gasteiger partial charge in [-0.05, 0) is 42.5 Å². The average Bonchev–Trinajstić information content (AvgIpc) is 2.94. The van der Waals surface area contributed by atoms with Gasteiger partial charge in [-0.1, -0.05) is 29.3 Å². The summed E-state index contributed by atoms with van der Waals surface area (Å²) in [6.45, 7) is 1.03. The second-order valence-electron chi connectivity index (χ2n) is 5.77. The predicted octanol–water partition coefficient (Wildman–Crippen LogP) is 3.78. The highest BCUT2D eigenvalue weighted by Crippen LogP contribution is 2.26. The lowest BCUT2D eigenvalue weighted by Gasteiger charge is -2.17. The van der Waals surface area contributed by atoms with Crippen LogP contribution in [0.3, 0.4) is 0 Å². The molecule has 1 unspecified atom stereocenters. The van der Waals surface area contributed by atoms with Crippen molar-refractivity contribution < 1.29 is 9.59 Å². The highest BCUT2D eigenvalue weighted by atomic mass is 35.5. The summed E-state index contributed by atoms with van der Waals surface area (Å²) in [5, 5.41) is 4.03. The van der Waals surface area contributed by atoms with Crippen LogP contribution in [0.25, 0.3) is 0 Å². The zero-order valence-electron chi connectivity index (χ0n) is 12.8. The first-order valence-electron chi connectivity index (χ1n) is 7.62. The molecule has 2 amide bonds. The number of benzene rings is 2. The quantitative estimate of drug-likeness (QED) is 0.899. The third-order valence-electron chi connectivity index (χ3n) is 3.98. The zero-order chi connectivity index (χ0) is 17.1. The highest BCUT2D eigenvalue weighted by Gasteiger charge is 2.30. The van der Waals surface area contributed by atoms with Gasteiger partial charge in [0.05, 0.1) is 0 Å². The molecule has 24 heavy (non-hydrogen) atoms. The molecular weight excluding hydrogens is 347 g/mol. The van der Waals surface area contributed by atoms with E-state index in [1.54, 1.807) is 41.3 Å². The first-order chi connectivity index (χ1) is 11.5. The van der Waals surface area contributed by atoms with Gasteiger partial charge in [0.2, 0.25) is 5.91 Å². The van der Waals surface area contributed by atoms with Crippen LogP contribution in [-0.4, -0.2) is 24.9 Å². The molecule has 1 aliphatic rings. The second kappa shape index (κ2) is 7.24. The maximum atomic E-state index is 12.2. The van der Waals surface area contributed by atoms with Gasteiger partial charge < -0.3 is 10.2 Å². The highest BCUT2D eigenvalue weighted by molar-refractivity contribution is 6.31. The van der Waals surface area contributed by atoms with Crippen LogP contribution in [0.5, 0.6) is 0 Å². The first-order valence-corrected chi connectivity index (χ1v) is 8.38. The molecule has 0 saturated carbocycles. The number of halogens is 2. The van der Waals surface area contributed by atoms with Crippen molar-refractivity contribution in [2.75, 3.05) is 18.0 Å². The minimum Gasteiger partial charge on any atom is -0.352 e. The molecule has 6 heteroatoms. The van der Waals surface area contributed by atoms with Gasteiger partial charge in [-0.15, -0.1) is 0 Å². The topological polar surface area (TPSA) is 49.4 Å². The van der Waals surface area contributed by atoms with Gasteiger partial charge in [-0.25, -0.2) is 0 Å². The molecule has 0 aliphatic carbocycles. The van der Waals surface area contributed by atoms with Crippen LogP contribution in [0.4, 0.5) is 5.69 Å². The number of rotatable bonds is 4. The third kappa shape index (κ3) is 3.89. The van der Waals surface area contributed by atoms with Crippen LogP contribution >= 0.6 is 23.2 Å². The summed E-state index contributed by atoms with van der Waals surface area (Å²) in [6, 6.07) is 14.0. The van der Waals surface area contributed by atoms with Crippen LogP contribution in [0.2, 0.25) is 10.0 Å². The molecule has 1 saturated heterocycles. The molecule has 1 atom stereocenters. The number of hydrogen-bond acceptors (Lipinski definition) is 2. The number of carbonyl (C=O) groups excluding carboxylic acids is 2. The molecule has 1 fully saturated rings. The number of hydrogen-bond donors (Lipinski definition) is 1. The molecule has 0 bridgehead atoms. The predicted molar refractivity (Wildman–Crippen MR) is 95.7 cm³/mol. The Morgan fingerprint density at radius 1 is 1.12 bits per heavy atom. The summed E-state index contributed by atoms with van der Waals surface area (Å²) >= 11 is 11.8. The molecule has 1 N–H and O–H groups in total. The van der Waals surface area contributed by atoms with Crippen molar-refractivity contribution >= 4 is 40.7 Å². The molecular formula is C18H16Cl2N2O2. The lowest BCUT2D eigenvalue weighted by Crippen LogP contribution is -2.31. The van der Waals surface area contributed by atoms with E-state index < -0.39 is 0 Å². The fraction of sp³-hybridized carbons (Fsp3) is 0.222. The normalized spacial score (nSPS) is 17.2. The van der Waals surface area contributed by atoms with E-state index in [1.807, 2.05) is 12.1 Å². The molecule has 2 aromatic carbocycles. The molecule has 0 radical (unpaired) electrons. The Hall–Kier alpha value is -2.04. The third-order valence-corrected chi connectivity index (χ3v) is 4.47. The molecule has 0 aromatic heterocycles. The van der Waals surface area contributed by atoms with Gasteiger partial charge in [0.25, 0.3) is 5.91 Å². The molecule has 4 nitrogen and oxygen atoms in total. The molecule has 0 spiro atoms. The van der Waals surface area contributed by atoms with Crippen LogP contribution in [-0.2, 0) is 4.79 Å². The van der Waals surface area contributed by atoms with Crippen molar-refractivity contribution in [3.8, 4) is 0 Å². The Morgan fingerprint density at radius 3 is 2.58 bits per heavy atom. The Balaban J connectivity index is 1.58. The fourth-order valence-corrected chi connectivity index (χ4v) is 3.07. The number of nitrogens with one attached hydrogen (secondary N) is 1. The van der Waals surface area contributed by atoms with Crippen molar-refractivity contribution in [2.45, 2.75) is 6.42 Å². The summed E-state index contributed by atoms with van der Waals surface area (Å²) in [6.07, 6.45) is 0.415. The van der Waals surface area contributed by atoms with Gasteiger partial charge in [0.15, 0.2) is 0 Å². The molecule has 3 rings (SSSR count). The van der Waals surface area contributed by atoms with Crippen molar-refractivity contribution in [2.24, 2.45) is 5.92 Å². The van der Waals surface area contributed by atoms with Gasteiger partial charge >= 0.3 is 0 Å². The van der Waals surface area contributed by atoms with Gasteiger partial charge in [-0.3, -0.25) is 9.59 Å². The average molecular weight is 363 g/mol. The summed E-state index contributed by atoms with van der Waals surface area (Å²) in [5.41, 5.74) is 1.34. The van der Waals surface area contributed by atoms with Crippen molar-refractivity contribution in [1.82, 2.24) is 5.32 Å².